The van der Waals surface area contributed by atoms with Crippen molar-refractivity contribution in [2.75, 3.05) is 41.5 Å². The molecule has 8 atom stereocenters. The number of halogens is 2. The van der Waals surface area contributed by atoms with Crippen molar-refractivity contribution in [2.24, 2.45) is 0 Å². The molecular weight excluding hydrogens is 723 g/mol. The van der Waals surface area contributed by atoms with Gasteiger partial charge in [0.1, 0.15) is 29.4 Å². The maximum absolute atomic E-state index is 14.0. The number of carbonyl (C=O) groups is 2. The lowest BCUT2D eigenvalue weighted by Gasteiger charge is -2.42. The van der Waals surface area contributed by atoms with Gasteiger partial charge in [0.2, 0.25) is 6.29 Å². The lowest BCUT2D eigenvalue weighted by atomic mass is 9.96. The van der Waals surface area contributed by atoms with Gasteiger partial charge >= 0.3 is 0 Å². The van der Waals surface area contributed by atoms with Gasteiger partial charge in [0.05, 0.1) is 63.6 Å². The van der Waals surface area contributed by atoms with Crippen molar-refractivity contribution in [2.45, 2.75) is 55.5 Å². The SMILES string of the molecule is CO[C@@H]1[C@H](O)[C@@H](O)[C@H](n2c3c(Cl)cccc3c3c4c(c5c6cc(O[C@@H]7C[C@@H](O)[C@@H](N(C)C)CO7)c(O)c(Cl)c6[nH]c5c32)C(=O)N(C)C4=O)O[C@@H]1CO. The number of phenols is 1. The van der Waals surface area contributed by atoms with Crippen LogP contribution in [0.2, 0.25) is 10.0 Å². The zero-order valence-electron chi connectivity index (χ0n) is 28.3. The van der Waals surface area contributed by atoms with Gasteiger partial charge in [-0.2, -0.15) is 0 Å². The van der Waals surface area contributed by atoms with E-state index in [1.165, 1.54) is 24.8 Å². The van der Waals surface area contributed by atoms with Crippen LogP contribution in [0.4, 0.5) is 0 Å². The Kier molecular flexibility index (Phi) is 8.62. The number of aliphatic hydroxyl groups is 4. The third-order valence-electron chi connectivity index (χ3n) is 10.6. The molecule has 5 heterocycles. The number of H-pyrrole nitrogens is 1. The van der Waals surface area contributed by atoms with Crippen LogP contribution in [-0.4, -0.2) is 141 Å². The number of ether oxygens (including phenoxy) is 4. The molecule has 5 aromatic rings. The van der Waals surface area contributed by atoms with Gasteiger partial charge in [-0.1, -0.05) is 35.3 Å². The average Bonchev–Trinajstić information content (AvgIpc) is 3.73. The monoisotopic (exact) mass is 758 g/mol. The highest BCUT2D eigenvalue weighted by molar-refractivity contribution is 6.44. The molecule has 276 valence electrons. The lowest BCUT2D eigenvalue weighted by molar-refractivity contribution is -0.255. The fourth-order valence-electron chi connectivity index (χ4n) is 7.99. The maximum Gasteiger partial charge on any atom is 0.262 e. The summed E-state index contributed by atoms with van der Waals surface area (Å²) in [5.74, 6) is -1.72. The van der Waals surface area contributed by atoms with Gasteiger partial charge in [0, 0.05) is 42.1 Å². The summed E-state index contributed by atoms with van der Waals surface area (Å²) in [6, 6.07) is 6.21. The van der Waals surface area contributed by atoms with Crippen molar-refractivity contribution in [1.82, 2.24) is 19.4 Å². The lowest BCUT2D eigenvalue weighted by Crippen LogP contribution is -2.57. The second kappa shape index (κ2) is 12.7. The van der Waals surface area contributed by atoms with E-state index in [4.69, 9.17) is 42.1 Å². The Balaban J connectivity index is 1.44. The fraction of sp³-hybridized carbons (Fsp3) is 0.429. The predicted octanol–water partition coefficient (Wildman–Crippen LogP) is 2.71. The topological polar surface area (TPSA) is 199 Å². The molecule has 3 aliphatic heterocycles. The summed E-state index contributed by atoms with van der Waals surface area (Å²) in [5, 5.41) is 56.4. The smallest absolute Gasteiger partial charge is 0.262 e. The van der Waals surface area contributed by atoms with Crippen molar-refractivity contribution in [1.29, 1.82) is 0 Å². The normalized spacial score (nSPS) is 28.3. The van der Waals surface area contributed by atoms with Crippen molar-refractivity contribution < 1.29 is 54.1 Å². The first-order valence-electron chi connectivity index (χ1n) is 16.6. The van der Waals surface area contributed by atoms with Crippen LogP contribution in [-0.2, 0) is 14.2 Å². The number of aromatic amines is 1. The highest BCUT2D eigenvalue weighted by atomic mass is 35.5. The Labute approximate surface area is 305 Å². The van der Waals surface area contributed by atoms with Crippen LogP contribution in [0.3, 0.4) is 0 Å². The molecule has 0 spiro atoms. The summed E-state index contributed by atoms with van der Waals surface area (Å²) in [6.07, 6.45) is -8.32. The van der Waals surface area contributed by atoms with E-state index >= 15 is 0 Å². The molecule has 6 N–H and O–H groups in total. The third-order valence-corrected chi connectivity index (χ3v) is 11.3. The minimum absolute atomic E-state index is 0.0568. The second-order valence-corrected chi connectivity index (χ2v) is 14.4. The summed E-state index contributed by atoms with van der Waals surface area (Å²) in [7, 11) is 6.34. The van der Waals surface area contributed by atoms with Gasteiger partial charge in [0.15, 0.2) is 17.7 Å². The van der Waals surface area contributed by atoms with Gasteiger partial charge in [-0.05, 0) is 26.2 Å². The van der Waals surface area contributed by atoms with Crippen LogP contribution >= 0.6 is 23.2 Å². The van der Waals surface area contributed by atoms with Gasteiger partial charge in [-0.15, -0.1) is 0 Å². The number of hydrogen-bond donors (Lipinski definition) is 6. The molecule has 0 bridgehead atoms. The first kappa shape index (κ1) is 35.3. The Morgan fingerprint density at radius 1 is 1.02 bits per heavy atom. The summed E-state index contributed by atoms with van der Waals surface area (Å²) >= 11 is 13.7. The minimum atomic E-state index is -1.62. The average molecular weight is 760 g/mol. The fourth-order valence-corrected chi connectivity index (χ4v) is 8.50. The number of phenolic OH excluding ortho intramolecular Hbond substituents is 1. The molecular formula is C35H36Cl2N4O11. The van der Waals surface area contributed by atoms with E-state index in [0.29, 0.717) is 21.7 Å². The van der Waals surface area contributed by atoms with Crippen molar-refractivity contribution in [3.63, 3.8) is 0 Å². The molecule has 0 saturated carbocycles. The number of aliphatic hydroxyl groups excluding tert-OH is 4. The molecule has 2 aromatic heterocycles. The van der Waals surface area contributed by atoms with E-state index < -0.39 is 67.2 Å². The van der Waals surface area contributed by atoms with Crippen LogP contribution in [0.1, 0.15) is 33.4 Å². The van der Waals surface area contributed by atoms with Gasteiger partial charge in [0.25, 0.3) is 11.8 Å². The van der Waals surface area contributed by atoms with Crippen LogP contribution in [0.5, 0.6) is 11.5 Å². The maximum atomic E-state index is 14.0. The molecule has 0 radical (unpaired) electrons. The van der Waals surface area contributed by atoms with Crippen LogP contribution < -0.4 is 4.74 Å². The molecule has 0 unspecified atom stereocenters. The molecule has 0 aliphatic carbocycles. The molecule has 2 saturated heterocycles. The van der Waals surface area contributed by atoms with Gasteiger partial charge < -0.3 is 58.9 Å². The van der Waals surface area contributed by atoms with Gasteiger partial charge in [-0.25, -0.2) is 0 Å². The molecule has 15 nitrogen and oxygen atoms in total. The van der Waals surface area contributed by atoms with E-state index in [1.54, 1.807) is 18.2 Å². The number of methoxy groups -OCH3 is 1. The number of fused-ring (bicyclic) bond motifs is 10. The van der Waals surface area contributed by atoms with Crippen LogP contribution in [0.15, 0.2) is 24.3 Å². The Morgan fingerprint density at radius 2 is 1.73 bits per heavy atom. The first-order valence-corrected chi connectivity index (χ1v) is 17.3. The predicted molar refractivity (Wildman–Crippen MR) is 189 cm³/mol. The number of benzene rings is 3. The summed E-state index contributed by atoms with van der Waals surface area (Å²) in [5.41, 5.74) is 1.16. The molecule has 2 fully saturated rings. The third kappa shape index (κ3) is 4.89. The highest BCUT2D eigenvalue weighted by Gasteiger charge is 2.48. The van der Waals surface area contributed by atoms with Crippen molar-refractivity contribution in [3.8, 4) is 11.5 Å². The Bertz CT molecular complexity index is 2310. The van der Waals surface area contributed by atoms with Crippen molar-refractivity contribution >= 4 is 78.6 Å². The highest BCUT2D eigenvalue weighted by Crippen LogP contribution is 2.51. The number of likely N-dealkylation sites (N-methyl/N-ethyl adjacent to an activating group) is 1. The number of nitrogens with zero attached hydrogens (tertiary/aromatic N) is 3. The van der Waals surface area contributed by atoms with E-state index in [1.807, 2.05) is 19.0 Å². The van der Waals surface area contributed by atoms with Crippen LogP contribution in [0.25, 0.3) is 43.6 Å². The van der Waals surface area contributed by atoms with E-state index in [0.717, 1.165) is 4.90 Å². The molecule has 8 rings (SSSR count). The summed E-state index contributed by atoms with van der Waals surface area (Å²) in [6.45, 7) is -0.399. The number of carbonyl (C=O) groups excluding carboxylic acids is 2. The minimum Gasteiger partial charge on any atom is -0.503 e. The first-order chi connectivity index (χ1) is 24.8. The van der Waals surface area contributed by atoms with E-state index in [-0.39, 0.29) is 67.9 Å². The number of hydrogen-bond acceptors (Lipinski definition) is 12. The number of para-hydroxylation sites is 1. The Morgan fingerprint density at radius 3 is 2.38 bits per heavy atom. The largest absolute Gasteiger partial charge is 0.503 e. The van der Waals surface area contributed by atoms with E-state index in [2.05, 4.69) is 4.98 Å². The van der Waals surface area contributed by atoms with E-state index in [9.17, 15) is 35.1 Å². The van der Waals surface area contributed by atoms with Crippen molar-refractivity contribution in [3.05, 3.63) is 45.4 Å². The van der Waals surface area contributed by atoms with Crippen LogP contribution in [0, 0.1) is 0 Å². The second-order valence-electron chi connectivity index (χ2n) is 13.6. The molecule has 3 aromatic carbocycles. The Hall–Kier alpha value is -3.74. The number of rotatable bonds is 6. The standard InChI is InChI=1S/C35H36Cl2N4O11/c1-39(2)15-11-50-19(9-16(15)43)51-17-8-13-20-22-23(34(48)40(3)33(22)47)21-12-6-5-7-14(36)27(12)41(28(21)26(20)38-25(13)24(37)29(17)44)35-31(46)30(45)32(49-4)18(10-42)52-35/h5-8,15-16,18-19,30-32,35,38,42-46H,9-11H2,1-4H3/t15-,16+,18+,19+,30+,31+,32-,35+/m0/s1. The number of aromatic hydroxyl groups is 1. The molecule has 2 amide bonds. The number of nitrogens with one attached hydrogen (secondary N) is 1. The van der Waals surface area contributed by atoms with Gasteiger partial charge in [-0.3, -0.25) is 14.5 Å². The molecule has 17 heteroatoms. The molecule has 52 heavy (non-hydrogen) atoms. The zero-order valence-corrected chi connectivity index (χ0v) is 29.8. The summed E-state index contributed by atoms with van der Waals surface area (Å²) in [4.78, 5) is 34.1. The number of aromatic nitrogens is 2. The molecule has 3 aliphatic rings. The number of imide groups is 1. The summed E-state index contributed by atoms with van der Waals surface area (Å²) < 4.78 is 25.1. The quantitative estimate of drug-likeness (QED) is 0.139. The zero-order chi connectivity index (χ0) is 37.1. The number of amides is 2.